The molecule has 0 amide bonds. The van der Waals surface area contributed by atoms with E-state index in [9.17, 15) is 0 Å². The second kappa shape index (κ2) is 5.67. The van der Waals surface area contributed by atoms with Gasteiger partial charge < -0.3 is 5.32 Å². The Morgan fingerprint density at radius 3 is 2.50 bits per heavy atom. The van der Waals surface area contributed by atoms with E-state index in [1.54, 1.807) is 0 Å². The third-order valence-electron chi connectivity index (χ3n) is 2.80. The van der Waals surface area contributed by atoms with Gasteiger partial charge in [-0.05, 0) is 39.3 Å². The van der Waals surface area contributed by atoms with Crippen LogP contribution < -0.4 is 5.32 Å². The van der Waals surface area contributed by atoms with Gasteiger partial charge in [-0.3, -0.25) is 0 Å². The fourth-order valence-electron chi connectivity index (χ4n) is 1.52. The molecule has 2 heteroatoms. The lowest BCUT2D eigenvalue weighted by atomic mass is 9.91. The predicted octanol–water partition coefficient (Wildman–Crippen LogP) is 3.28. The van der Waals surface area contributed by atoms with E-state index in [1.165, 1.54) is 5.56 Å². The highest BCUT2D eigenvalue weighted by atomic mass is 14.9. The molecule has 0 radical (unpaired) electrons. The van der Waals surface area contributed by atoms with E-state index >= 15 is 0 Å². The van der Waals surface area contributed by atoms with E-state index in [-0.39, 0.29) is 5.41 Å². The van der Waals surface area contributed by atoms with Crippen molar-refractivity contribution in [3.05, 3.63) is 35.9 Å². The molecule has 0 saturated carbocycles. The van der Waals surface area contributed by atoms with Crippen molar-refractivity contribution in [3.63, 3.8) is 0 Å². The van der Waals surface area contributed by atoms with Crippen LogP contribution in [0.5, 0.6) is 0 Å². The summed E-state index contributed by atoms with van der Waals surface area (Å²) in [7, 11) is 0. The third-order valence-corrected chi connectivity index (χ3v) is 2.80. The molecule has 0 heterocycles. The molecule has 2 nitrogen and oxygen atoms in total. The van der Waals surface area contributed by atoms with Gasteiger partial charge in [0.1, 0.15) is 0 Å². The smallest absolute Gasteiger partial charge is 0.0684 e. The second-order valence-electron chi connectivity index (χ2n) is 4.83. The first-order chi connectivity index (χ1) is 7.55. The molecule has 0 saturated heterocycles. The van der Waals surface area contributed by atoms with Crippen molar-refractivity contribution in [2.24, 2.45) is 5.41 Å². The molecule has 86 valence electrons. The van der Waals surface area contributed by atoms with Crippen LogP contribution in [0.4, 0.5) is 0 Å². The molecule has 1 aromatic carbocycles. The van der Waals surface area contributed by atoms with Crippen LogP contribution in [0, 0.1) is 16.7 Å². The molecule has 16 heavy (non-hydrogen) atoms. The first-order valence-electron chi connectivity index (χ1n) is 5.75. The summed E-state index contributed by atoms with van der Waals surface area (Å²) in [6.45, 7) is 6.97. The average Bonchev–Trinajstić information content (AvgIpc) is 2.30. The molecule has 0 unspecified atom stereocenters. The standard InChI is InChI=1S/C14H20N2/c1-12(13-7-5-4-6-8-13)16-10-9-14(2,3)11-15/h4-8,12,16H,9-10H2,1-3H3/t12-/m1/s1. The Balaban J connectivity index is 2.38. The lowest BCUT2D eigenvalue weighted by Gasteiger charge is -2.18. The first-order valence-corrected chi connectivity index (χ1v) is 5.75. The number of nitriles is 1. The van der Waals surface area contributed by atoms with Crippen molar-refractivity contribution in [1.29, 1.82) is 5.26 Å². The van der Waals surface area contributed by atoms with Gasteiger partial charge in [0.2, 0.25) is 0 Å². The van der Waals surface area contributed by atoms with Crippen molar-refractivity contribution in [2.45, 2.75) is 33.2 Å². The van der Waals surface area contributed by atoms with Crippen LogP contribution in [0.25, 0.3) is 0 Å². The average molecular weight is 216 g/mol. The molecule has 1 rings (SSSR count). The van der Waals surface area contributed by atoms with Gasteiger partial charge >= 0.3 is 0 Å². The van der Waals surface area contributed by atoms with Crippen LogP contribution >= 0.6 is 0 Å². The van der Waals surface area contributed by atoms with Crippen molar-refractivity contribution >= 4 is 0 Å². The van der Waals surface area contributed by atoms with E-state index in [2.05, 4.69) is 30.4 Å². The Hall–Kier alpha value is -1.33. The molecule has 0 spiro atoms. The highest BCUT2D eigenvalue weighted by Gasteiger charge is 2.16. The summed E-state index contributed by atoms with van der Waals surface area (Å²) in [5, 5.41) is 12.3. The van der Waals surface area contributed by atoms with Gasteiger partial charge in [0.25, 0.3) is 0 Å². The topological polar surface area (TPSA) is 35.8 Å². The van der Waals surface area contributed by atoms with Crippen molar-refractivity contribution in [2.75, 3.05) is 6.54 Å². The normalized spacial score (nSPS) is 13.1. The van der Waals surface area contributed by atoms with Gasteiger partial charge in [0.05, 0.1) is 11.5 Å². The summed E-state index contributed by atoms with van der Waals surface area (Å²) >= 11 is 0. The molecule has 0 bridgehead atoms. The summed E-state index contributed by atoms with van der Waals surface area (Å²) in [5.74, 6) is 0. The molecule has 0 fully saturated rings. The van der Waals surface area contributed by atoms with Crippen LogP contribution in [0.15, 0.2) is 30.3 Å². The molecular weight excluding hydrogens is 196 g/mol. The van der Waals surface area contributed by atoms with Gasteiger partial charge in [0.15, 0.2) is 0 Å². The molecule has 0 aromatic heterocycles. The maximum absolute atomic E-state index is 8.90. The van der Waals surface area contributed by atoms with Crippen molar-refractivity contribution < 1.29 is 0 Å². The monoisotopic (exact) mass is 216 g/mol. The fourth-order valence-corrected chi connectivity index (χ4v) is 1.52. The van der Waals surface area contributed by atoms with Gasteiger partial charge in [-0.2, -0.15) is 5.26 Å². The number of nitrogens with one attached hydrogen (secondary N) is 1. The third kappa shape index (κ3) is 4.04. The minimum atomic E-state index is -0.233. The summed E-state index contributed by atoms with van der Waals surface area (Å²) in [6.07, 6.45) is 0.876. The fraction of sp³-hybridized carbons (Fsp3) is 0.500. The Morgan fingerprint density at radius 2 is 1.94 bits per heavy atom. The molecule has 0 aliphatic rings. The Morgan fingerprint density at radius 1 is 1.31 bits per heavy atom. The van der Waals surface area contributed by atoms with Crippen LogP contribution in [0.3, 0.4) is 0 Å². The number of nitrogens with zero attached hydrogens (tertiary/aromatic N) is 1. The van der Waals surface area contributed by atoms with Gasteiger partial charge in [-0.15, -0.1) is 0 Å². The summed E-state index contributed by atoms with van der Waals surface area (Å²) < 4.78 is 0. The summed E-state index contributed by atoms with van der Waals surface area (Å²) in [5.41, 5.74) is 1.06. The van der Waals surface area contributed by atoms with E-state index < -0.39 is 0 Å². The van der Waals surface area contributed by atoms with Crippen LogP contribution in [0.1, 0.15) is 38.8 Å². The molecule has 0 aliphatic heterocycles. The quantitative estimate of drug-likeness (QED) is 0.820. The first kappa shape index (κ1) is 12.7. The molecule has 1 N–H and O–H groups in total. The molecule has 1 aromatic rings. The van der Waals surface area contributed by atoms with E-state index in [1.807, 2.05) is 32.0 Å². The van der Waals surface area contributed by atoms with Crippen LogP contribution in [-0.2, 0) is 0 Å². The van der Waals surface area contributed by atoms with Crippen molar-refractivity contribution in [1.82, 2.24) is 5.32 Å². The van der Waals surface area contributed by atoms with Gasteiger partial charge in [-0.1, -0.05) is 30.3 Å². The van der Waals surface area contributed by atoms with E-state index in [0.29, 0.717) is 6.04 Å². The second-order valence-corrected chi connectivity index (χ2v) is 4.83. The summed E-state index contributed by atoms with van der Waals surface area (Å²) in [4.78, 5) is 0. The zero-order chi connectivity index (χ0) is 12.0. The number of hydrogen-bond acceptors (Lipinski definition) is 2. The molecular formula is C14H20N2. The molecule has 0 aliphatic carbocycles. The largest absolute Gasteiger partial charge is 0.310 e. The highest BCUT2D eigenvalue weighted by Crippen LogP contribution is 2.18. The number of hydrogen-bond donors (Lipinski definition) is 1. The van der Waals surface area contributed by atoms with Crippen LogP contribution in [0.2, 0.25) is 0 Å². The van der Waals surface area contributed by atoms with Crippen molar-refractivity contribution in [3.8, 4) is 6.07 Å². The zero-order valence-corrected chi connectivity index (χ0v) is 10.3. The number of rotatable bonds is 5. The Kier molecular flexibility index (Phi) is 4.52. The number of benzene rings is 1. The Labute approximate surface area is 98.3 Å². The van der Waals surface area contributed by atoms with Gasteiger partial charge in [0, 0.05) is 6.04 Å². The minimum absolute atomic E-state index is 0.233. The maximum atomic E-state index is 8.90. The Bertz CT molecular complexity index is 349. The predicted molar refractivity (Wildman–Crippen MR) is 66.9 cm³/mol. The highest BCUT2D eigenvalue weighted by molar-refractivity contribution is 5.17. The zero-order valence-electron chi connectivity index (χ0n) is 10.3. The lowest BCUT2D eigenvalue weighted by molar-refractivity contribution is 0.416. The minimum Gasteiger partial charge on any atom is -0.310 e. The molecule has 1 atom stereocenters. The van der Waals surface area contributed by atoms with Gasteiger partial charge in [-0.25, -0.2) is 0 Å². The van der Waals surface area contributed by atoms with E-state index in [4.69, 9.17) is 5.26 Å². The van der Waals surface area contributed by atoms with Crippen LogP contribution in [-0.4, -0.2) is 6.54 Å². The SMILES string of the molecule is C[C@@H](NCCC(C)(C)C#N)c1ccccc1. The maximum Gasteiger partial charge on any atom is 0.0684 e. The summed E-state index contributed by atoms with van der Waals surface area (Å²) in [6, 6.07) is 13.0. The van der Waals surface area contributed by atoms with E-state index in [0.717, 1.165) is 13.0 Å². The lowest BCUT2D eigenvalue weighted by Crippen LogP contribution is -2.24.